The summed E-state index contributed by atoms with van der Waals surface area (Å²) in [5.41, 5.74) is 2.48. The Labute approximate surface area is 132 Å². The molecule has 0 saturated heterocycles. The van der Waals surface area contributed by atoms with Gasteiger partial charge in [-0.05, 0) is 56.4 Å². The van der Waals surface area contributed by atoms with Gasteiger partial charge in [-0.15, -0.1) is 0 Å². The third kappa shape index (κ3) is 5.12. The van der Waals surface area contributed by atoms with Crippen LogP contribution in [0.4, 0.5) is 0 Å². The maximum atomic E-state index is 6.07. The number of benzene rings is 1. The van der Waals surface area contributed by atoms with Crippen LogP contribution in [-0.2, 0) is 6.54 Å². The van der Waals surface area contributed by atoms with E-state index >= 15 is 0 Å². The molecule has 0 amide bonds. The minimum absolute atomic E-state index is 0.319. The Balaban J connectivity index is 1.88. The maximum absolute atomic E-state index is 6.07. The van der Waals surface area contributed by atoms with E-state index in [1.165, 1.54) is 11.1 Å². The Hall–Kier alpha value is -1.42. The van der Waals surface area contributed by atoms with Crippen molar-refractivity contribution in [3.05, 3.63) is 64.9 Å². The van der Waals surface area contributed by atoms with Crippen LogP contribution in [-0.4, -0.2) is 30.5 Å². The number of rotatable bonds is 7. The smallest absolute Gasteiger partial charge is 0.0409 e. The van der Waals surface area contributed by atoms with E-state index in [0.29, 0.717) is 6.04 Å². The molecule has 0 bridgehead atoms. The van der Waals surface area contributed by atoms with Crippen molar-refractivity contribution in [1.82, 2.24) is 15.2 Å². The fourth-order valence-electron chi connectivity index (χ4n) is 2.43. The quantitative estimate of drug-likeness (QED) is 0.848. The molecule has 4 heteroatoms. The molecule has 1 heterocycles. The summed E-state index contributed by atoms with van der Waals surface area (Å²) in [7, 11) is 4.13. The van der Waals surface area contributed by atoms with E-state index in [0.717, 1.165) is 24.5 Å². The highest BCUT2D eigenvalue weighted by Gasteiger charge is 2.11. The van der Waals surface area contributed by atoms with Crippen LogP contribution in [0.3, 0.4) is 0 Å². The van der Waals surface area contributed by atoms with Gasteiger partial charge in [-0.25, -0.2) is 0 Å². The summed E-state index contributed by atoms with van der Waals surface area (Å²) < 4.78 is 0. The minimum Gasteiger partial charge on any atom is -0.313 e. The van der Waals surface area contributed by atoms with Crippen LogP contribution in [0, 0.1) is 0 Å². The van der Waals surface area contributed by atoms with Gasteiger partial charge in [0.1, 0.15) is 0 Å². The molecular formula is C17H22ClN3. The number of nitrogens with zero attached hydrogens (tertiary/aromatic N) is 2. The SMILES string of the molecule is CNC(CCN(C)Cc1cccnc1)c1cccc(Cl)c1. The van der Waals surface area contributed by atoms with Crippen molar-refractivity contribution in [1.29, 1.82) is 0 Å². The van der Waals surface area contributed by atoms with E-state index in [2.05, 4.69) is 34.4 Å². The third-order valence-corrected chi connectivity index (χ3v) is 3.81. The molecule has 1 N–H and O–H groups in total. The van der Waals surface area contributed by atoms with Gasteiger partial charge in [0.05, 0.1) is 0 Å². The number of pyridine rings is 1. The van der Waals surface area contributed by atoms with Crippen LogP contribution in [0.15, 0.2) is 48.8 Å². The van der Waals surface area contributed by atoms with Gasteiger partial charge < -0.3 is 10.2 Å². The predicted molar refractivity (Wildman–Crippen MR) is 88.4 cm³/mol. The predicted octanol–water partition coefficient (Wildman–Crippen LogP) is 3.52. The van der Waals surface area contributed by atoms with Crippen LogP contribution in [0.25, 0.3) is 0 Å². The number of halogens is 1. The molecule has 0 aliphatic carbocycles. The van der Waals surface area contributed by atoms with Gasteiger partial charge in [0, 0.05) is 30.0 Å². The van der Waals surface area contributed by atoms with E-state index in [1.54, 1.807) is 6.20 Å². The number of hydrogen-bond donors (Lipinski definition) is 1. The van der Waals surface area contributed by atoms with Crippen molar-refractivity contribution in [3.63, 3.8) is 0 Å². The lowest BCUT2D eigenvalue weighted by atomic mass is 10.0. The molecule has 3 nitrogen and oxygen atoms in total. The molecular weight excluding hydrogens is 282 g/mol. The Morgan fingerprint density at radius 2 is 2.14 bits per heavy atom. The summed E-state index contributed by atoms with van der Waals surface area (Å²) >= 11 is 6.07. The Bertz CT molecular complexity index is 545. The summed E-state index contributed by atoms with van der Waals surface area (Å²) in [5, 5.41) is 4.16. The molecule has 0 radical (unpaired) electrons. The number of hydrogen-bond acceptors (Lipinski definition) is 3. The van der Waals surface area contributed by atoms with E-state index in [-0.39, 0.29) is 0 Å². The summed E-state index contributed by atoms with van der Waals surface area (Å²) in [6.45, 7) is 1.92. The average Bonchev–Trinajstić information content (AvgIpc) is 2.49. The fraction of sp³-hybridized carbons (Fsp3) is 0.353. The van der Waals surface area contributed by atoms with Crippen molar-refractivity contribution < 1.29 is 0 Å². The first-order chi connectivity index (χ1) is 10.2. The van der Waals surface area contributed by atoms with Crippen molar-refractivity contribution in [2.75, 3.05) is 20.6 Å². The van der Waals surface area contributed by atoms with Crippen molar-refractivity contribution >= 4 is 11.6 Å². The highest BCUT2D eigenvalue weighted by Crippen LogP contribution is 2.20. The van der Waals surface area contributed by atoms with Crippen LogP contribution < -0.4 is 5.32 Å². The molecule has 0 saturated carbocycles. The molecule has 0 aliphatic rings. The lowest BCUT2D eigenvalue weighted by Gasteiger charge is -2.22. The molecule has 1 atom stereocenters. The molecule has 2 aromatic rings. The van der Waals surface area contributed by atoms with Gasteiger partial charge in [0.15, 0.2) is 0 Å². The van der Waals surface area contributed by atoms with E-state index in [1.807, 2.05) is 37.5 Å². The van der Waals surface area contributed by atoms with Crippen LogP contribution in [0.1, 0.15) is 23.6 Å². The molecule has 1 aromatic heterocycles. The molecule has 0 aliphatic heterocycles. The summed E-state index contributed by atoms with van der Waals surface area (Å²) in [6, 6.07) is 12.5. The van der Waals surface area contributed by atoms with Gasteiger partial charge in [-0.1, -0.05) is 29.8 Å². The van der Waals surface area contributed by atoms with E-state index in [4.69, 9.17) is 11.6 Å². The molecule has 1 unspecified atom stereocenters. The average molecular weight is 304 g/mol. The minimum atomic E-state index is 0.319. The van der Waals surface area contributed by atoms with Gasteiger partial charge in [0.2, 0.25) is 0 Å². The molecule has 1 aromatic carbocycles. The first-order valence-electron chi connectivity index (χ1n) is 7.19. The Kier molecular flexibility index (Phi) is 6.18. The second kappa shape index (κ2) is 8.13. The largest absolute Gasteiger partial charge is 0.313 e. The molecule has 2 rings (SSSR count). The van der Waals surface area contributed by atoms with Gasteiger partial charge >= 0.3 is 0 Å². The number of aromatic nitrogens is 1. The van der Waals surface area contributed by atoms with E-state index < -0.39 is 0 Å². The standard InChI is InChI=1S/C17H22ClN3/c1-19-17(15-6-3-7-16(18)11-15)8-10-21(2)13-14-5-4-9-20-12-14/h3-7,9,11-12,17,19H,8,10,13H2,1-2H3. The first kappa shape index (κ1) is 16.0. The van der Waals surface area contributed by atoms with Crippen molar-refractivity contribution in [2.24, 2.45) is 0 Å². The topological polar surface area (TPSA) is 28.2 Å². The zero-order chi connectivity index (χ0) is 15.1. The zero-order valence-electron chi connectivity index (χ0n) is 12.6. The Morgan fingerprint density at radius 1 is 1.29 bits per heavy atom. The molecule has 0 fully saturated rings. The summed E-state index contributed by atoms with van der Waals surface area (Å²) in [5.74, 6) is 0. The normalized spacial score (nSPS) is 12.6. The lowest BCUT2D eigenvalue weighted by Crippen LogP contribution is -2.25. The summed E-state index contributed by atoms with van der Waals surface area (Å²) in [4.78, 5) is 6.46. The first-order valence-corrected chi connectivity index (χ1v) is 7.57. The monoisotopic (exact) mass is 303 g/mol. The number of nitrogens with one attached hydrogen (secondary N) is 1. The van der Waals surface area contributed by atoms with Crippen molar-refractivity contribution in [3.8, 4) is 0 Å². The third-order valence-electron chi connectivity index (χ3n) is 3.57. The van der Waals surface area contributed by atoms with Gasteiger partial charge in [-0.3, -0.25) is 4.98 Å². The van der Waals surface area contributed by atoms with Crippen LogP contribution in [0.2, 0.25) is 5.02 Å². The maximum Gasteiger partial charge on any atom is 0.0409 e. The highest BCUT2D eigenvalue weighted by molar-refractivity contribution is 6.30. The van der Waals surface area contributed by atoms with Crippen LogP contribution >= 0.6 is 11.6 Å². The van der Waals surface area contributed by atoms with E-state index in [9.17, 15) is 0 Å². The second-order valence-electron chi connectivity index (χ2n) is 5.28. The molecule has 21 heavy (non-hydrogen) atoms. The fourth-order valence-corrected chi connectivity index (χ4v) is 2.63. The lowest BCUT2D eigenvalue weighted by molar-refractivity contribution is 0.303. The second-order valence-corrected chi connectivity index (χ2v) is 5.72. The molecule has 0 spiro atoms. The van der Waals surface area contributed by atoms with Crippen LogP contribution in [0.5, 0.6) is 0 Å². The van der Waals surface area contributed by atoms with Gasteiger partial charge in [-0.2, -0.15) is 0 Å². The summed E-state index contributed by atoms with van der Waals surface area (Å²) in [6.07, 6.45) is 4.76. The molecule has 112 valence electrons. The van der Waals surface area contributed by atoms with Crippen molar-refractivity contribution in [2.45, 2.75) is 19.0 Å². The zero-order valence-corrected chi connectivity index (χ0v) is 13.3. The van der Waals surface area contributed by atoms with Gasteiger partial charge in [0.25, 0.3) is 0 Å². The Morgan fingerprint density at radius 3 is 2.81 bits per heavy atom. The highest BCUT2D eigenvalue weighted by atomic mass is 35.5.